The molecule has 0 heterocycles. The van der Waals surface area contributed by atoms with Gasteiger partial charge in [0.15, 0.2) is 0 Å². The molecule has 0 aliphatic heterocycles. The second-order valence-electron chi connectivity index (χ2n) is 6.08. The van der Waals surface area contributed by atoms with Crippen molar-refractivity contribution in [3.05, 3.63) is 39.9 Å². The van der Waals surface area contributed by atoms with Gasteiger partial charge < -0.3 is 10.2 Å². The Morgan fingerprint density at radius 3 is 2.14 bits per heavy atom. The van der Waals surface area contributed by atoms with Gasteiger partial charge in [-0.05, 0) is 36.2 Å². The number of fused-ring (bicyclic) bond motifs is 2. The average molecular weight is 305 g/mol. The Morgan fingerprint density at radius 2 is 1.64 bits per heavy atom. The third-order valence-electron chi connectivity index (χ3n) is 5.11. The van der Waals surface area contributed by atoms with Gasteiger partial charge in [-0.25, -0.2) is 0 Å². The summed E-state index contributed by atoms with van der Waals surface area (Å²) >= 11 is 0. The Bertz CT molecular complexity index is 640. The van der Waals surface area contributed by atoms with Crippen LogP contribution in [0.5, 0.6) is 0 Å². The second-order valence-corrected chi connectivity index (χ2v) is 6.08. The Labute approximate surface area is 125 Å². The highest BCUT2D eigenvalue weighted by atomic mass is 16.6. The smallest absolute Gasteiger partial charge is 0.307 e. The van der Waals surface area contributed by atoms with Gasteiger partial charge in [0.25, 0.3) is 5.69 Å². The van der Waals surface area contributed by atoms with E-state index < -0.39 is 28.7 Å². The zero-order chi connectivity index (χ0) is 16.0. The van der Waals surface area contributed by atoms with Gasteiger partial charge in [-0.3, -0.25) is 19.7 Å². The van der Waals surface area contributed by atoms with Gasteiger partial charge in [-0.1, -0.05) is 12.1 Å². The number of benzene rings is 1. The van der Waals surface area contributed by atoms with Gasteiger partial charge in [0, 0.05) is 12.1 Å². The molecular formula is C15H15NO6. The molecule has 0 unspecified atom stereocenters. The molecule has 0 amide bonds. The van der Waals surface area contributed by atoms with Crippen molar-refractivity contribution in [1.82, 2.24) is 0 Å². The molecule has 2 N–H and O–H groups in total. The normalized spacial score (nSPS) is 32.8. The predicted octanol–water partition coefficient (Wildman–Crippen LogP) is 2.12. The largest absolute Gasteiger partial charge is 0.481 e. The lowest BCUT2D eigenvalue weighted by Crippen LogP contribution is -2.37. The molecule has 7 nitrogen and oxygen atoms in total. The average Bonchev–Trinajstić information content (AvgIpc) is 3.04. The van der Waals surface area contributed by atoms with Crippen LogP contribution in [0.3, 0.4) is 0 Å². The number of rotatable bonds is 4. The van der Waals surface area contributed by atoms with Crippen LogP contribution >= 0.6 is 0 Å². The number of carboxylic acid groups (broad SMARTS) is 2. The molecule has 0 radical (unpaired) electrons. The Balaban J connectivity index is 1.88. The number of aliphatic carboxylic acids is 2. The molecule has 3 rings (SSSR count). The van der Waals surface area contributed by atoms with Crippen LogP contribution < -0.4 is 0 Å². The van der Waals surface area contributed by atoms with Crippen LogP contribution in [0.25, 0.3) is 0 Å². The van der Waals surface area contributed by atoms with E-state index in [-0.39, 0.29) is 23.4 Å². The van der Waals surface area contributed by atoms with Crippen molar-refractivity contribution in [2.24, 2.45) is 23.7 Å². The highest BCUT2D eigenvalue weighted by Gasteiger charge is 2.58. The Kier molecular flexibility index (Phi) is 3.35. The quantitative estimate of drug-likeness (QED) is 0.649. The van der Waals surface area contributed by atoms with Crippen LogP contribution in [0.15, 0.2) is 24.3 Å². The lowest BCUT2D eigenvalue weighted by Gasteiger charge is -2.31. The molecule has 1 aromatic rings. The van der Waals surface area contributed by atoms with E-state index in [4.69, 9.17) is 0 Å². The molecule has 2 aliphatic rings. The van der Waals surface area contributed by atoms with E-state index in [2.05, 4.69) is 0 Å². The number of hydrogen-bond acceptors (Lipinski definition) is 4. The van der Waals surface area contributed by atoms with Gasteiger partial charge in [-0.2, -0.15) is 0 Å². The number of non-ortho nitro benzene ring substituents is 1. The first kappa shape index (κ1) is 14.5. The van der Waals surface area contributed by atoms with Crippen molar-refractivity contribution in [1.29, 1.82) is 0 Å². The monoisotopic (exact) mass is 305 g/mol. The van der Waals surface area contributed by atoms with E-state index in [1.807, 2.05) is 0 Å². The number of hydrogen-bond donors (Lipinski definition) is 2. The Morgan fingerprint density at radius 1 is 1.05 bits per heavy atom. The predicted molar refractivity (Wildman–Crippen MR) is 74.3 cm³/mol. The zero-order valence-corrected chi connectivity index (χ0v) is 11.6. The van der Waals surface area contributed by atoms with E-state index in [0.717, 1.165) is 5.56 Å². The molecule has 2 bridgehead atoms. The molecule has 7 heteroatoms. The van der Waals surface area contributed by atoms with Crippen molar-refractivity contribution in [3.8, 4) is 0 Å². The fourth-order valence-corrected chi connectivity index (χ4v) is 4.28. The number of carbonyl (C=O) groups is 2. The van der Waals surface area contributed by atoms with Crippen molar-refractivity contribution >= 4 is 17.6 Å². The molecule has 2 saturated carbocycles. The summed E-state index contributed by atoms with van der Waals surface area (Å²) in [5.41, 5.74) is 0.846. The van der Waals surface area contributed by atoms with Gasteiger partial charge >= 0.3 is 11.9 Å². The molecule has 2 fully saturated rings. The van der Waals surface area contributed by atoms with Crippen LogP contribution in [0, 0.1) is 33.8 Å². The molecule has 2 aliphatic carbocycles. The first-order chi connectivity index (χ1) is 10.4. The summed E-state index contributed by atoms with van der Waals surface area (Å²) in [6.45, 7) is 0. The molecule has 5 atom stereocenters. The maximum atomic E-state index is 11.5. The van der Waals surface area contributed by atoms with Gasteiger partial charge in [0.1, 0.15) is 0 Å². The fourth-order valence-electron chi connectivity index (χ4n) is 4.28. The minimum absolute atomic E-state index is 0.00916. The lowest BCUT2D eigenvalue weighted by molar-refractivity contribution is -0.384. The standard InChI is InChI=1S/C15H15NO6/c17-14(18)12-8-5-10(11(6-8)13(12)15(19)20)7-1-3-9(4-2-7)16(21)22/h1-4,8,10-13H,5-6H2,(H,17,18)(H,19,20)/t8-,10-,11+,12+,13-/m0/s1. The van der Waals surface area contributed by atoms with Crippen LogP contribution in [0.4, 0.5) is 5.69 Å². The van der Waals surface area contributed by atoms with E-state index in [1.165, 1.54) is 12.1 Å². The number of carboxylic acids is 2. The lowest BCUT2D eigenvalue weighted by atomic mass is 9.71. The van der Waals surface area contributed by atoms with Crippen LogP contribution in [0.1, 0.15) is 24.3 Å². The van der Waals surface area contributed by atoms with Gasteiger partial charge in [-0.15, -0.1) is 0 Å². The summed E-state index contributed by atoms with van der Waals surface area (Å²) in [7, 11) is 0. The van der Waals surface area contributed by atoms with Gasteiger partial charge in [0.05, 0.1) is 16.8 Å². The van der Waals surface area contributed by atoms with Crippen LogP contribution in [-0.2, 0) is 9.59 Å². The second kappa shape index (κ2) is 5.08. The molecule has 22 heavy (non-hydrogen) atoms. The number of nitro groups is 1. The topological polar surface area (TPSA) is 118 Å². The minimum Gasteiger partial charge on any atom is -0.481 e. The minimum atomic E-state index is -1.06. The summed E-state index contributed by atoms with van der Waals surface area (Å²) in [6.07, 6.45) is 1.22. The summed E-state index contributed by atoms with van der Waals surface area (Å²) in [4.78, 5) is 33.0. The van der Waals surface area contributed by atoms with E-state index in [0.29, 0.717) is 12.8 Å². The zero-order valence-electron chi connectivity index (χ0n) is 11.6. The molecule has 116 valence electrons. The maximum absolute atomic E-state index is 11.5. The fraction of sp³-hybridized carbons (Fsp3) is 0.467. The molecule has 0 saturated heterocycles. The molecular weight excluding hydrogens is 290 g/mol. The van der Waals surface area contributed by atoms with Crippen molar-refractivity contribution in [2.45, 2.75) is 18.8 Å². The number of nitro benzene ring substituents is 1. The van der Waals surface area contributed by atoms with Gasteiger partial charge in [0.2, 0.25) is 0 Å². The van der Waals surface area contributed by atoms with E-state index in [9.17, 15) is 29.9 Å². The summed E-state index contributed by atoms with van der Waals surface area (Å²) in [6, 6.07) is 6.12. The molecule has 1 aromatic carbocycles. The van der Waals surface area contributed by atoms with Crippen LogP contribution in [-0.4, -0.2) is 27.1 Å². The van der Waals surface area contributed by atoms with E-state index >= 15 is 0 Å². The van der Waals surface area contributed by atoms with Crippen molar-refractivity contribution in [3.63, 3.8) is 0 Å². The summed E-state index contributed by atoms with van der Waals surface area (Å²) in [5, 5.41) is 29.3. The summed E-state index contributed by atoms with van der Waals surface area (Å²) < 4.78 is 0. The molecule has 0 spiro atoms. The van der Waals surface area contributed by atoms with Crippen molar-refractivity contribution < 1.29 is 24.7 Å². The highest BCUT2D eigenvalue weighted by molar-refractivity contribution is 5.82. The number of nitrogens with zero attached hydrogens (tertiary/aromatic N) is 1. The van der Waals surface area contributed by atoms with Crippen LogP contribution in [0.2, 0.25) is 0 Å². The first-order valence-corrected chi connectivity index (χ1v) is 7.10. The summed E-state index contributed by atoms with van der Waals surface area (Å²) in [5.74, 6) is -4.20. The van der Waals surface area contributed by atoms with E-state index in [1.54, 1.807) is 12.1 Å². The highest BCUT2D eigenvalue weighted by Crippen LogP contribution is 2.58. The third-order valence-corrected chi connectivity index (χ3v) is 5.11. The molecule has 0 aromatic heterocycles. The van der Waals surface area contributed by atoms with Crippen molar-refractivity contribution in [2.75, 3.05) is 0 Å². The Hall–Kier alpha value is -2.44. The first-order valence-electron chi connectivity index (χ1n) is 7.10. The third kappa shape index (κ3) is 2.13. The maximum Gasteiger partial charge on any atom is 0.307 e. The SMILES string of the molecule is O=C(O)[C@@H]1[C@@H]2C[C@@H]([C@@H]1C(=O)O)[C@H](c1ccc([N+](=O)[O-])cc1)C2.